The molecule has 1 heterocycles. The monoisotopic (exact) mass is 464 g/mol. The molecule has 3 aromatic carbocycles. The van der Waals surface area contributed by atoms with Crippen LogP contribution in [0.2, 0.25) is 0 Å². The summed E-state index contributed by atoms with van der Waals surface area (Å²) in [6.07, 6.45) is -0.515. The highest BCUT2D eigenvalue weighted by Gasteiger charge is 2.21. The van der Waals surface area contributed by atoms with Gasteiger partial charge in [0.25, 0.3) is 0 Å². The molecular formula is C24H30Cl2N2O3. The standard InChI is InChI=1S/C24H28N2O3.2ClH/c1-28-24-9-5-4-8-23(24)26-14-12-25(13-15-26)17-21(27)18-29-22-11-10-19-6-2-3-7-20(19)16-22;;/h2-11,16,21,27H,12-15,17-18H2,1H3;2*1H. The number of para-hydroxylation sites is 2. The maximum atomic E-state index is 10.4. The van der Waals surface area contributed by atoms with E-state index in [-0.39, 0.29) is 24.8 Å². The van der Waals surface area contributed by atoms with Crippen molar-refractivity contribution in [1.82, 2.24) is 4.90 Å². The molecule has 1 N–H and O–H groups in total. The first kappa shape index (κ1) is 25.1. The SMILES string of the molecule is COc1ccccc1N1CCN(CC(O)COc2ccc3ccccc3c2)CC1.Cl.Cl. The molecule has 7 heteroatoms. The number of nitrogens with zero attached hydrogens (tertiary/aromatic N) is 2. The Morgan fingerprint density at radius 1 is 0.871 bits per heavy atom. The van der Waals surface area contributed by atoms with Crippen LogP contribution in [0.3, 0.4) is 0 Å². The fourth-order valence-electron chi connectivity index (χ4n) is 3.86. The summed E-state index contributed by atoms with van der Waals surface area (Å²) in [5, 5.41) is 12.8. The van der Waals surface area contributed by atoms with Crippen LogP contribution in [0.4, 0.5) is 5.69 Å². The van der Waals surface area contributed by atoms with E-state index in [1.165, 1.54) is 5.39 Å². The Morgan fingerprint density at radius 2 is 1.55 bits per heavy atom. The lowest BCUT2D eigenvalue weighted by atomic mass is 10.1. The van der Waals surface area contributed by atoms with Crippen molar-refractivity contribution in [3.05, 3.63) is 66.7 Å². The van der Waals surface area contributed by atoms with Crippen molar-refractivity contribution in [2.45, 2.75) is 6.10 Å². The minimum atomic E-state index is -0.515. The van der Waals surface area contributed by atoms with Gasteiger partial charge in [-0.3, -0.25) is 4.90 Å². The van der Waals surface area contributed by atoms with E-state index in [2.05, 4.69) is 28.0 Å². The van der Waals surface area contributed by atoms with Crippen molar-refractivity contribution < 1.29 is 14.6 Å². The van der Waals surface area contributed by atoms with Crippen LogP contribution in [-0.4, -0.2) is 62.6 Å². The fraction of sp³-hybridized carbons (Fsp3) is 0.333. The largest absolute Gasteiger partial charge is 0.495 e. The predicted octanol–water partition coefficient (Wildman–Crippen LogP) is 4.25. The molecule has 1 unspecified atom stereocenters. The lowest BCUT2D eigenvalue weighted by Crippen LogP contribution is -2.49. The molecule has 0 radical (unpaired) electrons. The second-order valence-corrected chi connectivity index (χ2v) is 7.43. The van der Waals surface area contributed by atoms with Crippen molar-refractivity contribution in [1.29, 1.82) is 0 Å². The van der Waals surface area contributed by atoms with Crippen molar-refractivity contribution in [3.63, 3.8) is 0 Å². The number of ether oxygens (including phenoxy) is 2. The summed E-state index contributed by atoms with van der Waals surface area (Å²) in [5.74, 6) is 1.70. The van der Waals surface area contributed by atoms with Crippen LogP contribution < -0.4 is 14.4 Å². The molecule has 1 fully saturated rings. The Balaban J connectivity index is 0.00000171. The fourth-order valence-corrected chi connectivity index (χ4v) is 3.86. The molecule has 0 aromatic heterocycles. The van der Waals surface area contributed by atoms with Gasteiger partial charge in [-0.15, -0.1) is 24.8 Å². The van der Waals surface area contributed by atoms with E-state index in [1.54, 1.807) is 7.11 Å². The van der Waals surface area contributed by atoms with Crippen molar-refractivity contribution in [3.8, 4) is 11.5 Å². The van der Waals surface area contributed by atoms with E-state index in [0.717, 1.165) is 48.8 Å². The molecule has 5 nitrogen and oxygen atoms in total. The third-order valence-electron chi connectivity index (χ3n) is 5.43. The molecule has 0 spiro atoms. The van der Waals surface area contributed by atoms with Crippen molar-refractivity contribution in [2.75, 3.05) is 51.3 Å². The molecule has 1 aliphatic rings. The molecule has 31 heavy (non-hydrogen) atoms. The van der Waals surface area contributed by atoms with E-state index >= 15 is 0 Å². The minimum absolute atomic E-state index is 0. The van der Waals surface area contributed by atoms with Crippen LogP contribution in [0.25, 0.3) is 10.8 Å². The van der Waals surface area contributed by atoms with Crippen LogP contribution in [0.1, 0.15) is 0 Å². The normalized spacial score (nSPS) is 15.0. The number of rotatable bonds is 7. The zero-order valence-corrected chi connectivity index (χ0v) is 19.3. The highest BCUT2D eigenvalue weighted by molar-refractivity contribution is 5.85. The first-order chi connectivity index (χ1) is 14.2. The molecule has 0 aliphatic carbocycles. The summed E-state index contributed by atoms with van der Waals surface area (Å²) in [6, 6.07) is 22.4. The molecule has 1 atom stereocenters. The number of aliphatic hydroxyl groups is 1. The van der Waals surface area contributed by atoms with Gasteiger partial charge in [-0.2, -0.15) is 0 Å². The molecule has 1 saturated heterocycles. The number of hydrogen-bond donors (Lipinski definition) is 1. The summed E-state index contributed by atoms with van der Waals surface area (Å²) >= 11 is 0. The number of fused-ring (bicyclic) bond motifs is 1. The second kappa shape index (κ2) is 12.0. The zero-order valence-electron chi connectivity index (χ0n) is 17.6. The highest BCUT2D eigenvalue weighted by atomic mass is 35.5. The number of methoxy groups -OCH3 is 1. The van der Waals surface area contributed by atoms with Gasteiger partial charge in [0.2, 0.25) is 0 Å². The quantitative estimate of drug-likeness (QED) is 0.565. The van der Waals surface area contributed by atoms with Crippen LogP contribution in [0, 0.1) is 0 Å². The van der Waals surface area contributed by atoms with E-state index in [4.69, 9.17) is 9.47 Å². The third-order valence-corrected chi connectivity index (χ3v) is 5.43. The first-order valence-corrected chi connectivity index (χ1v) is 10.1. The number of piperazine rings is 1. The maximum absolute atomic E-state index is 10.4. The molecule has 3 aromatic rings. The number of aliphatic hydroxyl groups excluding tert-OH is 1. The smallest absolute Gasteiger partial charge is 0.142 e. The van der Waals surface area contributed by atoms with Gasteiger partial charge in [0.05, 0.1) is 12.8 Å². The molecule has 0 amide bonds. The van der Waals surface area contributed by atoms with Gasteiger partial charge >= 0.3 is 0 Å². The number of anilines is 1. The zero-order chi connectivity index (χ0) is 20.1. The second-order valence-electron chi connectivity index (χ2n) is 7.43. The van der Waals surface area contributed by atoms with Gasteiger partial charge in [-0.05, 0) is 35.0 Å². The molecule has 4 rings (SSSR count). The summed E-state index contributed by atoms with van der Waals surface area (Å²) in [6.45, 7) is 4.56. The van der Waals surface area contributed by atoms with E-state index < -0.39 is 6.10 Å². The van der Waals surface area contributed by atoms with E-state index in [9.17, 15) is 5.11 Å². The summed E-state index contributed by atoms with van der Waals surface area (Å²) < 4.78 is 11.3. The Morgan fingerprint density at radius 3 is 2.29 bits per heavy atom. The van der Waals surface area contributed by atoms with Crippen molar-refractivity contribution >= 4 is 41.3 Å². The Hall–Kier alpha value is -2.18. The van der Waals surface area contributed by atoms with Crippen LogP contribution >= 0.6 is 24.8 Å². The number of β-amino-alcohol motifs (C(OH)–C–C–N with tert-alkyl or cyclic N) is 1. The van der Waals surface area contributed by atoms with Gasteiger partial charge < -0.3 is 19.5 Å². The Labute approximate surface area is 196 Å². The highest BCUT2D eigenvalue weighted by Crippen LogP contribution is 2.28. The molecule has 0 bridgehead atoms. The molecule has 168 valence electrons. The molecular weight excluding hydrogens is 435 g/mol. The van der Waals surface area contributed by atoms with Gasteiger partial charge in [0.1, 0.15) is 24.2 Å². The number of halogens is 2. The summed E-state index contributed by atoms with van der Waals surface area (Å²) in [4.78, 5) is 4.63. The van der Waals surface area contributed by atoms with Crippen LogP contribution in [0.15, 0.2) is 66.7 Å². The lowest BCUT2D eigenvalue weighted by molar-refractivity contribution is 0.0663. The van der Waals surface area contributed by atoms with Gasteiger partial charge in [-0.25, -0.2) is 0 Å². The van der Waals surface area contributed by atoms with Gasteiger partial charge in [0, 0.05) is 32.7 Å². The third kappa shape index (κ3) is 6.40. The average Bonchev–Trinajstić information content (AvgIpc) is 2.78. The van der Waals surface area contributed by atoms with E-state index in [1.807, 2.05) is 48.5 Å². The van der Waals surface area contributed by atoms with Gasteiger partial charge in [0.15, 0.2) is 0 Å². The topological polar surface area (TPSA) is 45.2 Å². The number of benzene rings is 3. The minimum Gasteiger partial charge on any atom is -0.495 e. The Kier molecular flexibility index (Phi) is 9.72. The van der Waals surface area contributed by atoms with Crippen molar-refractivity contribution in [2.24, 2.45) is 0 Å². The predicted molar refractivity (Wildman–Crippen MR) is 132 cm³/mol. The van der Waals surface area contributed by atoms with Crippen LogP contribution in [0.5, 0.6) is 11.5 Å². The maximum Gasteiger partial charge on any atom is 0.142 e. The lowest BCUT2D eigenvalue weighted by Gasteiger charge is -2.37. The first-order valence-electron chi connectivity index (χ1n) is 10.1. The average molecular weight is 465 g/mol. The summed E-state index contributed by atoms with van der Waals surface area (Å²) in [5.41, 5.74) is 1.13. The Bertz CT molecular complexity index is 949. The van der Waals surface area contributed by atoms with Crippen LogP contribution in [-0.2, 0) is 0 Å². The van der Waals surface area contributed by atoms with E-state index in [0.29, 0.717) is 13.2 Å². The van der Waals surface area contributed by atoms with Gasteiger partial charge in [-0.1, -0.05) is 42.5 Å². The summed E-state index contributed by atoms with van der Waals surface area (Å²) in [7, 11) is 1.71. The molecule has 0 saturated carbocycles. The number of hydrogen-bond acceptors (Lipinski definition) is 5. The molecule has 1 aliphatic heterocycles.